The molecular weight excluding hydrogens is 737 g/mol. The Morgan fingerprint density at radius 1 is 1.02 bits per heavy atom. The van der Waals surface area contributed by atoms with Crippen molar-refractivity contribution in [1.82, 2.24) is 14.9 Å². The monoisotopic (exact) mass is 778 g/mol. The molecule has 52 heavy (non-hydrogen) atoms. The minimum absolute atomic E-state index is 0. The number of carbonyl (C=O) groups excluding carboxylic acids is 4. The fraction of sp³-hybridized carbons (Fsp3) is 0.516. The maximum atomic E-state index is 14.2. The first-order chi connectivity index (χ1) is 23.9. The first kappa shape index (κ1) is 42.0. The number of aromatic hydroxyl groups is 1. The summed E-state index contributed by atoms with van der Waals surface area (Å²) in [6.07, 6.45) is -2.18. The van der Waals surface area contributed by atoms with Crippen molar-refractivity contribution in [3.05, 3.63) is 63.1 Å². The zero-order valence-electron chi connectivity index (χ0n) is 29.2. The molecule has 21 heteroatoms. The summed E-state index contributed by atoms with van der Waals surface area (Å²) in [7, 11) is -1.45. The maximum Gasteiger partial charge on any atom is 0.510 e. The number of hydrogen-bond acceptors (Lipinski definition) is 14. The highest BCUT2D eigenvalue weighted by molar-refractivity contribution is 7.59. The Kier molecular flexibility index (Phi) is 13.7. The van der Waals surface area contributed by atoms with Crippen LogP contribution in [0.2, 0.25) is 0 Å². The van der Waals surface area contributed by atoms with E-state index in [-0.39, 0.29) is 38.3 Å². The zero-order valence-corrected chi connectivity index (χ0v) is 31.1. The van der Waals surface area contributed by atoms with Gasteiger partial charge in [0.25, 0.3) is 11.8 Å². The molecule has 0 bridgehead atoms. The van der Waals surface area contributed by atoms with Crippen molar-refractivity contribution in [3.63, 3.8) is 0 Å². The van der Waals surface area contributed by atoms with E-state index in [1.165, 1.54) is 24.0 Å². The molecule has 1 spiro atoms. The molecule has 1 aromatic carbocycles. The third kappa shape index (κ3) is 8.97. The van der Waals surface area contributed by atoms with E-state index in [9.17, 15) is 42.4 Å². The van der Waals surface area contributed by atoms with Gasteiger partial charge in [-0.2, -0.15) is 13.5 Å². The van der Waals surface area contributed by atoms with Gasteiger partial charge in [0.05, 0.1) is 17.9 Å². The predicted octanol–water partition coefficient (Wildman–Crippen LogP) is 4.04. The van der Waals surface area contributed by atoms with Crippen LogP contribution < -0.4 is 15.8 Å². The van der Waals surface area contributed by atoms with Crippen LogP contribution in [0.5, 0.6) is 5.75 Å². The number of halogens is 2. The molecule has 288 valence electrons. The molecule has 2 atom stereocenters. The van der Waals surface area contributed by atoms with Gasteiger partial charge in [0.2, 0.25) is 19.0 Å². The summed E-state index contributed by atoms with van der Waals surface area (Å²) in [5.74, 6) is -4.63. The molecule has 2 amide bonds. The average molecular weight is 779 g/mol. The van der Waals surface area contributed by atoms with Gasteiger partial charge < -0.3 is 34.3 Å². The van der Waals surface area contributed by atoms with Crippen molar-refractivity contribution in [2.75, 3.05) is 32.7 Å². The number of aromatic nitrogens is 1. The number of benzene rings is 1. The highest BCUT2D eigenvalue weighted by atomic mass is 32.1. The molecule has 2 N–H and O–H groups in total. The lowest BCUT2D eigenvalue weighted by Crippen LogP contribution is -2.67. The van der Waals surface area contributed by atoms with Crippen LogP contribution in [-0.2, 0) is 39.1 Å². The van der Waals surface area contributed by atoms with Crippen LogP contribution in [0.4, 0.5) is 18.4 Å². The molecule has 2 aromatic rings. The van der Waals surface area contributed by atoms with Crippen LogP contribution in [0, 0.1) is 11.6 Å². The van der Waals surface area contributed by atoms with E-state index in [2.05, 4.69) is 5.32 Å². The van der Waals surface area contributed by atoms with Crippen LogP contribution in [0.25, 0.3) is 0 Å². The van der Waals surface area contributed by atoms with Gasteiger partial charge in [-0.1, -0.05) is 6.07 Å². The second-order valence-electron chi connectivity index (χ2n) is 12.3. The van der Waals surface area contributed by atoms with Gasteiger partial charge in [-0.3, -0.25) is 37.7 Å². The van der Waals surface area contributed by atoms with Crippen molar-refractivity contribution in [2.45, 2.75) is 77.0 Å². The first-order valence-corrected chi connectivity index (χ1v) is 17.3. The predicted molar refractivity (Wildman–Crippen MR) is 182 cm³/mol. The van der Waals surface area contributed by atoms with Crippen molar-refractivity contribution in [2.24, 2.45) is 0 Å². The van der Waals surface area contributed by atoms with Gasteiger partial charge in [0.1, 0.15) is 22.9 Å². The van der Waals surface area contributed by atoms with Crippen molar-refractivity contribution in [1.29, 1.82) is 0 Å². The number of carbonyl (C=O) groups is 4. The van der Waals surface area contributed by atoms with Crippen LogP contribution in [0.1, 0.15) is 73.4 Å². The van der Waals surface area contributed by atoms with Crippen LogP contribution in [0.15, 0.2) is 29.2 Å². The smallest absolute Gasteiger partial charge is 0.502 e. The second-order valence-corrected chi connectivity index (χ2v) is 14.6. The van der Waals surface area contributed by atoms with E-state index >= 15 is 0 Å². The number of amides is 2. The normalized spacial score (nSPS) is 18.3. The maximum absolute atomic E-state index is 14.2. The van der Waals surface area contributed by atoms with Gasteiger partial charge in [0.15, 0.2) is 11.4 Å². The summed E-state index contributed by atoms with van der Waals surface area (Å²) in [5.41, 5.74) is -4.64. The van der Waals surface area contributed by atoms with E-state index in [1.54, 1.807) is 27.7 Å². The summed E-state index contributed by atoms with van der Waals surface area (Å²) in [6, 6.07) is 2.74. The molecule has 1 aromatic heterocycles. The molecule has 0 saturated heterocycles. The average Bonchev–Trinajstić information content (AvgIpc) is 3.50. The van der Waals surface area contributed by atoms with E-state index in [4.69, 9.17) is 28.0 Å². The third-order valence-corrected chi connectivity index (χ3v) is 10.6. The van der Waals surface area contributed by atoms with Gasteiger partial charge in [0, 0.05) is 44.9 Å². The Morgan fingerprint density at radius 3 is 2.13 bits per heavy atom. The molecule has 4 rings (SSSR count). The number of fused-ring (bicyclic) bond motifs is 1. The lowest BCUT2D eigenvalue weighted by atomic mass is 10.0. The lowest BCUT2D eigenvalue weighted by Gasteiger charge is -2.51. The number of nitrogens with zero attached hydrogens (tertiary/aromatic N) is 3. The lowest BCUT2D eigenvalue weighted by molar-refractivity contribution is -0.0318. The van der Waals surface area contributed by atoms with E-state index in [0.717, 1.165) is 23.0 Å². The summed E-state index contributed by atoms with van der Waals surface area (Å²) in [6.45, 7) is 4.16. The number of rotatable bonds is 12. The largest absolute Gasteiger partial charge is 0.510 e. The van der Waals surface area contributed by atoms with Crippen molar-refractivity contribution < 1.29 is 65.6 Å². The highest BCUT2D eigenvalue weighted by Gasteiger charge is 2.57. The minimum atomic E-state index is -4.34. The Balaban J connectivity index is 0.00000729. The number of pyridine rings is 1. The summed E-state index contributed by atoms with van der Waals surface area (Å²) < 4.78 is 73.2. The molecule has 1 fully saturated rings. The molecule has 1 unspecified atom stereocenters. The highest BCUT2D eigenvalue weighted by Crippen LogP contribution is 2.61. The summed E-state index contributed by atoms with van der Waals surface area (Å²) in [4.78, 5) is 65.0. The van der Waals surface area contributed by atoms with E-state index in [0.29, 0.717) is 6.07 Å². The number of nitrogens with one attached hydrogen (secondary N) is 1. The van der Waals surface area contributed by atoms with Gasteiger partial charge in [-0.15, -0.1) is 0 Å². The van der Waals surface area contributed by atoms with Crippen LogP contribution in [-0.4, -0.2) is 90.0 Å². The van der Waals surface area contributed by atoms with Crippen molar-refractivity contribution in [3.8, 4) is 5.75 Å². The van der Waals surface area contributed by atoms with Crippen LogP contribution in [0.3, 0.4) is 0 Å². The number of hydrogen-bond donors (Lipinski definition) is 2. The minimum Gasteiger partial charge on any atom is -0.502 e. The standard InChI is InChI=1S/C31H39F2N4O13P.H2S/c1-17(2)49-29(42)45-15-47-51(44,48-16-46-30(43)50-18(3)4)21-9-10-31(12-21)35(5)28(41)24-26(39)25(38)22(14-37(24)36(31)6)27(40)34-13-19-7-8-20(32)11-23(19)33;/h7-8,11,14,17-18,21,39H,9-10,12-13,15-16H2,1-6H3,(H,34,40);1H2/t21-,31?;/m0./s1. The van der Waals surface area contributed by atoms with E-state index in [1.807, 2.05) is 0 Å². The Bertz CT molecular complexity index is 1760. The van der Waals surface area contributed by atoms with Gasteiger partial charge in [-0.05, 0) is 46.6 Å². The molecule has 17 nitrogen and oxygen atoms in total. The summed E-state index contributed by atoms with van der Waals surface area (Å²) >= 11 is 0. The molecule has 0 radical (unpaired) electrons. The summed E-state index contributed by atoms with van der Waals surface area (Å²) in [5, 5.41) is 14.7. The molecular formula is C31H41F2N4O13PS. The topological polar surface area (TPSA) is 201 Å². The fourth-order valence-electron chi connectivity index (χ4n) is 5.73. The molecule has 1 aliphatic carbocycles. The SMILES string of the molecule is CC(C)OC(=O)OCOP(=O)(OCOC(=O)OC(C)C)[C@H]1CCC2(C1)N(C)C(=O)c1c(O)c(=O)c(C(=O)NCc3ccc(F)cc3F)cn1N2C.S. The Labute approximate surface area is 304 Å². The molecule has 2 aliphatic rings. The second kappa shape index (κ2) is 17.0. The van der Waals surface area contributed by atoms with Crippen molar-refractivity contribution >= 4 is 45.2 Å². The number of ether oxygens (including phenoxy) is 4. The molecule has 1 saturated carbocycles. The Hall–Kier alpha value is -4.39. The molecule has 2 heterocycles. The quantitative estimate of drug-likeness (QED) is 0.178. The van der Waals surface area contributed by atoms with Gasteiger partial charge >= 0.3 is 19.9 Å². The Morgan fingerprint density at radius 2 is 1.60 bits per heavy atom. The van der Waals surface area contributed by atoms with E-state index < -0.39 is 109 Å². The fourth-order valence-corrected chi connectivity index (χ4v) is 7.59. The van der Waals surface area contributed by atoms with Gasteiger partial charge in [-0.25, -0.2) is 18.4 Å². The van der Waals surface area contributed by atoms with Crippen LogP contribution >= 0.6 is 21.1 Å². The molecule has 1 aliphatic heterocycles. The first-order valence-electron chi connectivity index (χ1n) is 15.7. The zero-order chi connectivity index (χ0) is 37.8. The third-order valence-electron chi connectivity index (χ3n) is 8.29.